The predicted octanol–water partition coefficient (Wildman–Crippen LogP) is 3.45. The average molecular weight is 321 g/mol. The molecule has 0 saturated heterocycles. The van der Waals surface area contributed by atoms with Crippen LogP contribution in [-0.2, 0) is 11.3 Å². The van der Waals surface area contributed by atoms with Crippen LogP contribution in [0, 0.1) is 6.92 Å². The second-order valence-corrected chi connectivity index (χ2v) is 5.59. The number of para-hydroxylation sites is 1. The Hall–Kier alpha value is -3.08. The number of likely N-dealkylation sites (N-methyl/N-ethyl adjacent to an activating group) is 1. The van der Waals surface area contributed by atoms with Crippen LogP contribution in [0.25, 0.3) is 11.8 Å². The summed E-state index contributed by atoms with van der Waals surface area (Å²) in [5.74, 6) is 1.53. The molecule has 1 amide bonds. The lowest BCUT2D eigenvalue weighted by Crippen LogP contribution is -2.23. The van der Waals surface area contributed by atoms with E-state index in [-0.39, 0.29) is 5.91 Å². The zero-order valence-corrected chi connectivity index (χ0v) is 13.7. The molecule has 0 radical (unpaired) electrons. The van der Waals surface area contributed by atoms with E-state index in [0.717, 1.165) is 22.8 Å². The first kappa shape index (κ1) is 15.8. The lowest BCUT2D eigenvalue weighted by Gasteiger charge is -2.12. The number of aromatic nitrogens is 2. The molecule has 3 rings (SSSR count). The lowest BCUT2D eigenvalue weighted by molar-refractivity contribution is -0.125. The van der Waals surface area contributed by atoms with E-state index in [1.54, 1.807) is 35.0 Å². The smallest absolute Gasteiger partial charge is 0.246 e. The maximum atomic E-state index is 12.2. The topological polar surface area (TPSA) is 51.3 Å². The van der Waals surface area contributed by atoms with E-state index >= 15 is 0 Å². The quantitative estimate of drug-likeness (QED) is 0.676. The third kappa shape index (κ3) is 3.81. The molecule has 0 N–H and O–H groups in total. The SMILES string of the molecule is Cc1ccc(CN(C)C(=O)/C=C/c2cnn(-c3ccccc3)c2)o1. The van der Waals surface area contributed by atoms with Gasteiger partial charge in [-0.3, -0.25) is 4.79 Å². The minimum Gasteiger partial charge on any atom is -0.464 e. The average Bonchev–Trinajstić information content (AvgIpc) is 3.22. The second kappa shape index (κ2) is 7.00. The molecule has 0 aliphatic carbocycles. The molecular weight excluding hydrogens is 302 g/mol. The largest absolute Gasteiger partial charge is 0.464 e. The highest BCUT2D eigenvalue weighted by molar-refractivity contribution is 5.91. The van der Waals surface area contributed by atoms with Crippen molar-refractivity contribution in [1.29, 1.82) is 0 Å². The zero-order valence-electron chi connectivity index (χ0n) is 13.7. The summed E-state index contributed by atoms with van der Waals surface area (Å²) in [7, 11) is 1.75. The summed E-state index contributed by atoms with van der Waals surface area (Å²) in [6.07, 6.45) is 6.92. The van der Waals surface area contributed by atoms with Crippen molar-refractivity contribution in [2.45, 2.75) is 13.5 Å². The molecule has 5 heteroatoms. The molecule has 0 unspecified atom stereocenters. The van der Waals surface area contributed by atoms with Crippen molar-refractivity contribution in [2.75, 3.05) is 7.05 Å². The van der Waals surface area contributed by atoms with Crippen molar-refractivity contribution < 1.29 is 9.21 Å². The lowest BCUT2D eigenvalue weighted by atomic mass is 10.3. The van der Waals surface area contributed by atoms with E-state index in [4.69, 9.17) is 4.42 Å². The molecule has 5 nitrogen and oxygen atoms in total. The Balaban J connectivity index is 1.63. The molecular formula is C19H19N3O2. The van der Waals surface area contributed by atoms with Crippen molar-refractivity contribution in [3.63, 3.8) is 0 Å². The van der Waals surface area contributed by atoms with E-state index < -0.39 is 0 Å². The summed E-state index contributed by atoms with van der Waals surface area (Å²) < 4.78 is 7.27. The predicted molar refractivity (Wildman–Crippen MR) is 92.5 cm³/mol. The summed E-state index contributed by atoms with van der Waals surface area (Å²) in [4.78, 5) is 13.8. The third-order valence-corrected chi connectivity index (χ3v) is 3.61. The number of amides is 1. The van der Waals surface area contributed by atoms with Gasteiger partial charge in [-0.1, -0.05) is 18.2 Å². The van der Waals surface area contributed by atoms with Crippen molar-refractivity contribution in [1.82, 2.24) is 14.7 Å². The maximum absolute atomic E-state index is 12.2. The van der Waals surface area contributed by atoms with Crippen molar-refractivity contribution >= 4 is 12.0 Å². The number of aryl methyl sites for hydroxylation is 1. The van der Waals surface area contributed by atoms with Gasteiger partial charge < -0.3 is 9.32 Å². The molecule has 2 heterocycles. The number of benzene rings is 1. The van der Waals surface area contributed by atoms with Crippen LogP contribution in [0.4, 0.5) is 0 Å². The van der Waals surface area contributed by atoms with Crippen molar-refractivity contribution in [3.05, 3.63) is 78.0 Å². The van der Waals surface area contributed by atoms with Crippen LogP contribution in [0.3, 0.4) is 0 Å². The first-order valence-corrected chi connectivity index (χ1v) is 7.70. The van der Waals surface area contributed by atoms with Crippen LogP contribution >= 0.6 is 0 Å². The van der Waals surface area contributed by atoms with Gasteiger partial charge in [0.25, 0.3) is 0 Å². The molecule has 0 aliphatic rings. The summed E-state index contributed by atoms with van der Waals surface area (Å²) in [6, 6.07) is 13.6. The molecule has 24 heavy (non-hydrogen) atoms. The summed E-state index contributed by atoms with van der Waals surface area (Å²) in [5, 5.41) is 4.31. The van der Waals surface area contributed by atoms with Crippen LogP contribution < -0.4 is 0 Å². The summed E-state index contributed by atoms with van der Waals surface area (Å²) >= 11 is 0. The van der Waals surface area contributed by atoms with Gasteiger partial charge in [-0.05, 0) is 37.3 Å². The number of hydrogen-bond donors (Lipinski definition) is 0. The number of rotatable bonds is 5. The summed E-state index contributed by atoms with van der Waals surface area (Å²) in [6.45, 7) is 2.33. The zero-order chi connectivity index (χ0) is 16.9. The Kier molecular flexibility index (Phi) is 4.61. The Morgan fingerprint density at radius 3 is 2.75 bits per heavy atom. The van der Waals surface area contributed by atoms with Crippen LogP contribution in [0.2, 0.25) is 0 Å². The molecule has 1 aromatic carbocycles. The minimum absolute atomic E-state index is 0.0866. The Morgan fingerprint density at radius 2 is 2.04 bits per heavy atom. The number of nitrogens with zero attached hydrogens (tertiary/aromatic N) is 3. The molecule has 0 spiro atoms. The maximum Gasteiger partial charge on any atom is 0.246 e. The number of hydrogen-bond acceptors (Lipinski definition) is 3. The van der Waals surface area contributed by atoms with Crippen molar-refractivity contribution in [3.8, 4) is 5.69 Å². The van der Waals surface area contributed by atoms with Crippen LogP contribution in [-0.4, -0.2) is 27.6 Å². The fourth-order valence-electron chi connectivity index (χ4n) is 2.32. The van der Waals surface area contributed by atoms with E-state index in [1.807, 2.05) is 55.6 Å². The first-order valence-electron chi connectivity index (χ1n) is 7.70. The van der Waals surface area contributed by atoms with Gasteiger partial charge in [-0.15, -0.1) is 0 Å². The van der Waals surface area contributed by atoms with Crippen molar-refractivity contribution in [2.24, 2.45) is 0 Å². The van der Waals surface area contributed by atoms with Gasteiger partial charge >= 0.3 is 0 Å². The standard InChI is InChI=1S/C19H19N3O2/c1-15-8-10-18(24-15)14-21(2)19(23)11-9-16-12-20-22(13-16)17-6-4-3-5-7-17/h3-13H,14H2,1-2H3/b11-9+. The summed E-state index contributed by atoms with van der Waals surface area (Å²) in [5.41, 5.74) is 1.85. The van der Waals surface area contributed by atoms with Crippen LogP contribution in [0.5, 0.6) is 0 Å². The molecule has 0 fully saturated rings. The third-order valence-electron chi connectivity index (χ3n) is 3.61. The molecule has 2 aromatic heterocycles. The Morgan fingerprint density at radius 1 is 1.25 bits per heavy atom. The van der Waals surface area contributed by atoms with E-state index in [9.17, 15) is 4.79 Å². The highest BCUT2D eigenvalue weighted by Gasteiger charge is 2.08. The van der Waals surface area contributed by atoms with E-state index in [0.29, 0.717) is 6.54 Å². The number of furan rings is 1. The second-order valence-electron chi connectivity index (χ2n) is 5.59. The molecule has 3 aromatic rings. The Bertz CT molecular complexity index is 846. The van der Waals surface area contributed by atoms with Crippen LogP contribution in [0.1, 0.15) is 17.1 Å². The fourth-order valence-corrected chi connectivity index (χ4v) is 2.32. The van der Waals surface area contributed by atoms with Gasteiger partial charge in [0.05, 0.1) is 18.4 Å². The van der Waals surface area contributed by atoms with Gasteiger partial charge in [0.2, 0.25) is 5.91 Å². The van der Waals surface area contributed by atoms with Gasteiger partial charge in [0, 0.05) is 24.9 Å². The molecule has 122 valence electrons. The van der Waals surface area contributed by atoms with Gasteiger partial charge in [0.1, 0.15) is 11.5 Å². The van der Waals surface area contributed by atoms with Gasteiger partial charge in [0.15, 0.2) is 0 Å². The number of carbonyl (C=O) groups is 1. The van der Waals surface area contributed by atoms with Gasteiger partial charge in [-0.2, -0.15) is 5.10 Å². The fraction of sp³-hybridized carbons (Fsp3) is 0.158. The Labute approximate surface area is 140 Å². The number of carbonyl (C=O) groups excluding carboxylic acids is 1. The van der Waals surface area contributed by atoms with Crippen LogP contribution in [0.15, 0.2) is 65.4 Å². The van der Waals surface area contributed by atoms with Gasteiger partial charge in [-0.25, -0.2) is 4.68 Å². The molecule has 0 saturated carbocycles. The highest BCUT2D eigenvalue weighted by atomic mass is 16.3. The highest BCUT2D eigenvalue weighted by Crippen LogP contribution is 2.11. The van der Waals surface area contributed by atoms with E-state index in [1.165, 1.54) is 0 Å². The molecule has 0 aliphatic heterocycles. The molecule has 0 atom stereocenters. The minimum atomic E-state index is -0.0866. The normalized spacial score (nSPS) is 11.1. The molecule has 0 bridgehead atoms. The monoisotopic (exact) mass is 321 g/mol. The van der Waals surface area contributed by atoms with E-state index in [2.05, 4.69) is 5.10 Å². The first-order chi connectivity index (χ1) is 11.6.